The van der Waals surface area contributed by atoms with Gasteiger partial charge in [-0.05, 0) is 0 Å². The van der Waals surface area contributed by atoms with Crippen LogP contribution in [0.4, 0.5) is 74.6 Å². The van der Waals surface area contributed by atoms with Crippen molar-refractivity contribution in [2.45, 2.75) is 48.4 Å². The standard InChI is InChI=1S/C12H3F17O4/c1-2-3-31-4(30)5(13,8(17,18)19)32-12(28,29)7(16,10(23,24)25)33-11(26,27)6(14,15)9(20,21)22/h1H,3H2. The highest BCUT2D eigenvalue weighted by molar-refractivity contribution is 5.79. The number of rotatable bonds is 8. The molecule has 0 radical (unpaired) electrons. The number of alkyl halides is 17. The normalized spacial score (nSPS) is 18.2. The van der Waals surface area contributed by atoms with Crippen LogP contribution in [0.25, 0.3) is 0 Å². The van der Waals surface area contributed by atoms with Gasteiger partial charge in [-0.25, -0.2) is 4.79 Å². The van der Waals surface area contributed by atoms with Crippen molar-refractivity contribution in [1.29, 1.82) is 0 Å². The molecule has 0 saturated carbocycles. The van der Waals surface area contributed by atoms with Gasteiger partial charge in [-0.2, -0.15) is 74.6 Å². The van der Waals surface area contributed by atoms with Crippen molar-refractivity contribution >= 4 is 5.97 Å². The molecule has 0 rings (SSSR count). The predicted octanol–water partition coefficient (Wildman–Crippen LogP) is 5.04. The lowest BCUT2D eigenvalue weighted by Gasteiger charge is -2.39. The molecule has 0 aliphatic heterocycles. The number of esters is 1. The van der Waals surface area contributed by atoms with E-state index in [1.165, 1.54) is 4.74 Å². The Morgan fingerprint density at radius 3 is 1.36 bits per heavy atom. The molecule has 0 amide bonds. The van der Waals surface area contributed by atoms with Gasteiger partial charge >= 0.3 is 54.3 Å². The highest BCUT2D eigenvalue weighted by Crippen LogP contribution is 2.56. The minimum Gasteiger partial charge on any atom is -0.448 e. The Morgan fingerprint density at radius 2 is 1.06 bits per heavy atom. The van der Waals surface area contributed by atoms with Gasteiger partial charge in [-0.15, -0.1) is 6.42 Å². The summed E-state index contributed by atoms with van der Waals surface area (Å²) in [6.07, 6.45) is -34.4. The second kappa shape index (κ2) is 8.52. The number of carbonyl (C=O) groups is 1. The summed E-state index contributed by atoms with van der Waals surface area (Å²) in [5, 5.41) is 0. The fourth-order valence-corrected chi connectivity index (χ4v) is 1.35. The van der Waals surface area contributed by atoms with E-state index in [0.717, 1.165) is 5.92 Å². The second-order valence-electron chi connectivity index (χ2n) is 5.28. The van der Waals surface area contributed by atoms with Crippen LogP contribution in [0, 0.1) is 12.3 Å². The molecule has 0 bridgehead atoms. The molecule has 2 unspecified atom stereocenters. The maximum absolute atomic E-state index is 13.8. The van der Waals surface area contributed by atoms with E-state index in [1.54, 1.807) is 4.74 Å². The van der Waals surface area contributed by atoms with Crippen LogP contribution < -0.4 is 0 Å². The third kappa shape index (κ3) is 5.47. The van der Waals surface area contributed by atoms with Crippen LogP contribution in [0.5, 0.6) is 0 Å². The minimum atomic E-state index is -8.08. The van der Waals surface area contributed by atoms with Gasteiger partial charge in [0.25, 0.3) is 0 Å². The Labute approximate surface area is 168 Å². The first-order valence-corrected chi connectivity index (χ1v) is 6.87. The number of hydrogen-bond donors (Lipinski definition) is 0. The molecule has 0 aliphatic carbocycles. The van der Waals surface area contributed by atoms with Crippen LogP contribution in [-0.2, 0) is 19.0 Å². The fraction of sp³-hybridized carbons (Fsp3) is 0.750. The molecule has 0 N–H and O–H groups in total. The molecule has 0 heterocycles. The molecular formula is C12H3F17O4. The Hall–Kier alpha value is -2.24. The van der Waals surface area contributed by atoms with Crippen LogP contribution in [0.15, 0.2) is 0 Å². The van der Waals surface area contributed by atoms with E-state index in [4.69, 9.17) is 0 Å². The molecule has 0 spiro atoms. The highest BCUT2D eigenvalue weighted by Gasteiger charge is 2.85. The van der Waals surface area contributed by atoms with Gasteiger partial charge in [-0.3, -0.25) is 9.47 Å². The number of ether oxygens (including phenoxy) is 3. The first-order chi connectivity index (χ1) is 14.1. The zero-order valence-electron chi connectivity index (χ0n) is 14.3. The van der Waals surface area contributed by atoms with E-state index < -0.39 is 61.0 Å². The van der Waals surface area contributed by atoms with Crippen LogP contribution >= 0.6 is 0 Å². The quantitative estimate of drug-likeness (QED) is 0.249. The zero-order valence-corrected chi connectivity index (χ0v) is 14.3. The fourth-order valence-electron chi connectivity index (χ4n) is 1.35. The number of halogens is 17. The molecule has 0 aliphatic rings. The summed E-state index contributed by atoms with van der Waals surface area (Å²) in [6, 6.07) is 0. The number of terminal acetylenes is 1. The first kappa shape index (κ1) is 30.8. The zero-order chi connectivity index (χ0) is 27.1. The van der Waals surface area contributed by atoms with Gasteiger partial charge in [0.05, 0.1) is 0 Å². The third-order valence-corrected chi connectivity index (χ3v) is 2.91. The van der Waals surface area contributed by atoms with Crippen molar-refractivity contribution < 1.29 is 93.6 Å². The summed E-state index contributed by atoms with van der Waals surface area (Å²) in [7, 11) is 0. The summed E-state index contributed by atoms with van der Waals surface area (Å²) in [6.45, 7) is -1.73. The Balaban J connectivity index is 6.71. The second-order valence-corrected chi connectivity index (χ2v) is 5.28. The van der Waals surface area contributed by atoms with Gasteiger partial charge in [0.15, 0.2) is 6.61 Å². The van der Waals surface area contributed by atoms with E-state index in [9.17, 15) is 79.4 Å². The van der Waals surface area contributed by atoms with E-state index >= 15 is 0 Å². The lowest BCUT2D eigenvalue weighted by atomic mass is 10.2. The van der Waals surface area contributed by atoms with Crippen molar-refractivity contribution in [3.8, 4) is 12.3 Å². The summed E-state index contributed by atoms with van der Waals surface area (Å²) in [4.78, 5) is 11.0. The smallest absolute Gasteiger partial charge is 0.448 e. The van der Waals surface area contributed by atoms with Gasteiger partial charge in [-0.1, -0.05) is 5.92 Å². The molecule has 0 fully saturated rings. The van der Waals surface area contributed by atoms with Crippen molar-refractivity contribution in [2.24, 2.45) is 0 Å². The third-order valence-electron chi connectivity index (χ3n) is 2.91. The van der Waals surface area contributed by atoms with Gasteiger partial charge < -0.3 is 4.74 Å². The Kier molecular flexibility index (Phi) is 7.94. The van der Waals surface area contributed by atoms with Crippen molar-refractivity contribution in [3.05, 3.63) is 0 Å². The van der Waals surface area contributed by atoms with E-state index in [0.29, 0.717) is 0 Å². The van der Waals surface area contributed by atoms with Gasteiger partial charge in [0, 0.05) is 0 Å². The van der Waals surface area contributed by atoms with E-state index in [1.807, 2.05) is 0 Å². The van der Waals surface area contributed by atoms with Crippen molar-refractivity contribution in [2.75, 3.05) is 6.61 Å². The molecule has 4 nitrogen and oxygen atoms in total. The topological polar surface area (TPSA) is 44.8 Å². The van der Waals surface area contributed by atoms with Gasteiger partial charge in [0.2, 0.25) is 0 Å². The predicted molar refractivity (Wildman–Crippen MR) is 62.6 cm³/mol. The summed E-state index contributed by atoms with van der Waals surface area (Å²) in [5.74, 6) is -25.5. The van der Waals surface area contributed by atoms with Crippen molar-refractivity contribution in [3.63, 3.8) is 0 Å². The Morgan fingerprint density at radius 1 is 0.636 bits per heavy atom. The van der Waals surface area contributed by atoms with E-state index in [2.05, 4.69) is 11.2 Å². The maximum Gasteiger partial charge on any atom is 0.462 e. The molecule has 0 aromatic rings. The molecule has 21 heteroatoms. The lowest BCUT2D eigenvalue weighted by Crippen LogP contribution is -2.68. The SMILES string of the molecule is C#CCOC(=O)C(F)(OC(F)(F)C(F)(OC(F)(F)C(F)(F)C(F)(F)F)C(F)(F)F)C(F)(F)F. The van der Waals surface area contributed by atoms with Crippen LogP contribution in [0.2, 0.25) is 0 Å². The molecule has 194 valence electrons. The number of hydrogen-bond acceptors (Lipinski definition) is 4. The minimum absolute atomic E-state index is 1.11. The lowest BCUT2D eigenvalue weighted by molar-refractivity contribution is -0.548. The highest BCUT2D eigenvalue weighted by atomic mass is 19.4. The molecule has 2 atom stereocenters. The summed E-state index contributed by atoms with van der Waals surface area (Å²) in [5.41, 5.74) is 0. The first-order valence-electron chi connectivity index (χ1n) is 6.87. The summed E-state index contributed by atoms with van der Waals surface area (Å²) >= 11 is 0. The van der Waals surface area contributed by atoms with Crippen LogP contribution in [0.1, 0.15) is 0 Å². The average Bonchev–Trinajstić information content (AvgIpc) is 2.55. The summed E-state index contributed by atoms with van der Waals surface area (Å²) < 4.78 is 224. The van der Waals surface area contributed by atoms with E-state index in [-0.39, 0.29) is 0 Å². The largest absolute Gasteiger partial charge is 0.462 e. The van der Waals surface area contributed by atoms with Crippen LogP contribution in [0.3, 0.4) is 0 Å². The van der Waals surface area contributed by atoms with Crippen molar-refractivity contribution in [1.82, 2.24) is 0 Å². The molecule has 0 saturated heterocycles. The molecule has 0 aromatic carbocycles. The number of carbonyl (C=O) groups excluding carboxylic acids is 1. The molecule has 0 aromatic heterocycles. The monoisotopic (exact) mass is 534 g/mol. The molecular weight excluding hydrogens is 531 g/mol. The maximum atomic E-state index is 13.8. The Bertz CT molecular complexity index is 760. The van der Waals surface area contributed by atoms with Crippen LogP contribution in [-0.4, -0.2) is 61.0 Å². The average molecular weight is 534 g/mol. The molecule has 33 heavy (non-hydrogen) atoms. The van der Waals surface area contributed by atoms with Gasteiger partial charge in [0.1, 0.15) is 0 Å².